The van der Waals surface area contributed by atoms with Gasteiger partial charge in [0, 0.05) is 6.04 Å². The maximum Gasteiger partial charge on any atom is 0.312 e. The molecular formula is C16H21NO4. The summed E-state index contributed by atoms with van der Waals surface area (Å²) in [7, 11) is 1.38. The largest absolute Gasteiger partial charge is 0.469 e. The smallest absolute Gasteiger partial charge is 0.312 e. The fourth-order valence-corrected chi connectivity index (χ4v) is 4.64. The minimum Gasteiger partial charge on any atom is -0.469 e. The molecule has 5 nitrogen and oxygen atoms in total. The number of likely N-dealkylation sites (tertiary alicyclic amines) is 1. The van der Waals surface area contributed by atoms with Gasteiger partial charge in [-0.3, -0.25) is 9.59 Å². The van der Waals surface area contributed by atoms with Crippen LogP contribution in [0.25, 0.3) is 0 Å². The molecule has 1 saturated carbocycles. The van der Waals surface area contributed by atoms with Gasteiger partial charge in [-0.05, 0) is 12.8 Å². The summed E-state index contributed by atoms with van der Waals surface area (Å²) in [6, 6.07) is 0.320. The molecule has 1 spiro atoms. The molecule has 2 saturated heterocycles. The van der Waals surface area contributed by atoms with E-state index in [4.69, 9.17) is 9.47 Å². The Hall–Kier alpha value is -1.36. The predicted molar refractivity (Wildman–Crippen MR) is 74.3 cm³/mol. The van der Waals surface area contributed by atoms with Crippen LogP contribution in [0, 0.1) is 11.8 Å². The summed E-state index contributed by atoms with van der Waals surface area (Å²) < 4.78 is 10.9. The van der Waals surface area contributed by atoms with Crippen molar-refractivity contribution >= 4 is 11.9 Å². The summed E-state index contributed by atoms with van der Waals surface area (Å²) in [5, 5.41) is 0. The molecule has 2 bridgehead atoms. The van der Waals surface area contributed by atoms with E-state index in [0.717, 1.165) is 12.8 Å². The quantitative estimate of drug-likeness (QED) is 0.568. The first-order valence-corrected chi connectivity index (χ1v) is 7.92. The number of amides is 1. The highest BCUT2D eigenvalue weighted by molar-refractivity contribution is 5.91. The van der Waals surface area contributed by atoms with Crippen LogP contribution in [0.15, 0.2) is 12.2 Å². The van der Waals surface area contributed by atoms with E-state index in [-0.39, 0.29) is 23.9 Å². The lowest BCUT2D eigenvalue weighted by atomic mass is 9.77. The first-order chi connectivity index (χ1) is 10.2. The fourth-order valence-electron chi connectivity index (χ4n) is 4.64. The van der Waals surface area contributed by atoms with E-state index in [2.05, 4.69) is 0 Å². The minimum absolute atomic E-state index is 0.0872. The highest BCUT2D eigenvalue weighted by Gasteiger charge is 2.67. The van der Waals surface area contributed by atoms with Crippen molar-refractivity contribution in [2.24, 2.45) is 11.8 Å². The molecular weight excluding hydrogens is 270 g/mol. The van der Waals surface area contributed by atoms with Crippen molar-refractivity contribution in [2.75, 3.05) is 13.7 Å². The van der Waals surface area contributed by atoms with Crippen molar-refractivity contribution in [3.63, 3.8) is 0 Å². The van der Waals surface area contributed by atoms with Crippen molar-refractivity contribution in [3.8, 4) is 0 Å². The molecule has 0 radical (unpaired) electrons. The van der Waals surface area contributed by atoms with Crippen LogP contribution in [0.4, 0.5) is 0 Å². The lowest BCUT2D eigenvalue weighted by Crippen LogP contribution is -2.42. The van der Waals surface area contributed by atoms with Gasteiger partial charge in [0.2, 0.25) is 5.91 Å². The summed E-state index contributed by atoms with van der Waals surface area (Å²) in [5.74, 6) is -1.10. The van der Waals surface area contributed by atoms with Crippen LogP contribution in [-0.4, -0.2) is 48.2 Å². The van der Waals surface area contributed by atoms with Gasteiger partial charge in [-0.1, -0.05) is 31.4 Å². The zero-order valence-electron chi connectivity index (χ0n) is 12.3. The predicted octanol–water partition coefficient (Wildman–Crippen LogP) is 1.27. The third-order valence-electron chi connectivity index (χ3n) is 5.62. The number of ether oxygens (including phenoxy) is 2. The fraction of sp³-hybridized carbons (Fsp3) is 0.750. The second-order valence-corrected chi connectivity index (χ2v) is 6.68. The summed E-state index contributed by atoms with van der Waals surface area (Å²) >= 11 is 0. The van der Waals surface area contributed by atoms with E-state index in [1.54, 1.807) is 0 Å². The number of carbonyl (C=O) groups is 2. The van der Waals surface area contributed by atoms with Gasteiger partial charge in [0.15, 0.2) is 0 Å². The molecule has 4 atom stereocenters. The minimum atomic E-state index is -0.585. The average Bonchev–Trinajstić information content (AvgIpc) is 3.16. The van der Waals surface area contributed by atoms with Gasteiger partial charge in [-0.15, -0.1) is 0 Å². The molecule has 1 aliphatic carbocycles. The number of hydrogen-bond donors (Lipinski definition) is 0. The number of carbonyl (C=O) groups excluding carboxylic acids is 2. The summed E-state index contributed by atoms with van der Waals surface area (Å²) in [4.78, 5) is 26.9. The Morgan fingerprint density at radius 3 is 2.86 bits per heavy atom. The number of rotatable bonds is 2. The second kappa shape index (κ2) is 4.57. The number of hydrogen-bond acceptors (Lipinski definition) is 4. The Balaban J connectivity index is 1.63. The van der Waals surface area contributed by atoms with Crippen molar-refractivity contribution in [2.45, 2.75) is 49.9 Å². The van der Waals surface area contributed by atoms with Gasteiger partial charge in [-0.2, -0.15) is 0 Å². The molecule has 3 fully saturated rings. The standard InChI is InChI=1S/C16H21NO4/c1-20-15(19)12-11-7-8-16(21-11)9-17(14(18)13(12)16)10-5-3-2-4-6-10/h7-8,10-13H,2-6,9H2,1H3/t11-,12-,13+,16+/m1/s1. The van der Waals surface area contributed by atoms with E-state index in [0.29, 0.717) is 12.6 Å². The molecule has 0 unspecified atom stereocenters. The monoisotopic (exact) mass is 291 g/mol. The molecule has 4 aliphatic rings. The molecule has 4 rings (SSSR count). The van der Waals surface area contributed by atoms with Crippen LogP contribution < -0.4 is 0 Å². The van der Waals surface area contributed by atoms with Crippen LogP contribution in [0.2, 0.25) is 0 Å². The van der Waals surface area contributed by atoms with Crippen LogP contribution in [0.1, 0.15) is 32.1 Å². The molecule has 21 heavy (non-hydrogen) atoms. The van der Waals surface area contributed by atoms with Crippen LogP contribution in [0.5, 0.6) is 0 Å². The Kier molecular flexibility index (Phi) is 2.89. The number of esters is 1. The van der Waals surface area contributed by atoms with Gasteiger partial charge in [0.05, 0.1) is 25.7 Å². The Morgan fingerprint density at radius 1 is 1.38 bits per heavy atom. The lowest BCUT2D eigenvalue weighted by molar-refractivity contribution is -0.151. The normalized spacial score (nSPS) is 41.7. The molecule has 0 aromatic rings. The third-order valence-corrected chi connectivity index (χ3v) is 5.62. The molecule has 0 aromatic heterocycles. The van der Waals surface area contributed by atoms with E-state index < -0.39 is 11.5 Å². The maximum atomic E-state index is 12.9. The second-order valence-electron chi connectivity index (χ2n) is 6.68. The Bertz CT molecular complexity index is 510. The molecule has 3 heterocycles. The van der Waals surface area contributed by atoms with Gasteiger partial charge in [0.25, 0.3) is 0 Å². The summed E-state index contributed by atoms with van der Waals surface area (Å²) in [6.07, 6.45) is 9.42. The van der Waals surface area contributed by atoms with Crippen LogP contribution in [0.3, 0.4) is 0 Å². The van der Waals surface area contributed by atoms with Crippen LogP contribution >= 0.6 is 0 Å². The van der Waals surface area contributed by atoms with E-state index in [9.17, 15) is 9.59 Å². The van der Waals surface area contributed by atoms with Crippen molar-refractivity contribution in [1.29, 1.82) is 0 Å². The van der Waals surface area contributed by atoms with Gasteiger partial charge >= 0.3 is 5.97 Å². The van der Waals surface area contributed by atoms with E-state index in [1.165, 1.54) is 26.4 Å². The highest BCUT2D eigenvalue weighted by Crippen LogP contribution is 2.53. The van der Waals surface area contributed by atoms with E-state index >= 15 is 0 Å². The molecule has 0 aromatic carbocycles. The molecule has 0 N–H and O–H groups in total. The lowest BCUT2D eigenvalue weighted by Gasteiger charge is -2.32. The van der Waals surface area contributed by atoms with Gasteiger partial charge in [-0.25, -0.2) is 0 Å². The van der Waals surface area contributed by atoms with Crippen LogP contribution in [-0.2, 0) is 19.1 Å². The molecule has 114 valence electrons. The SMILES string of the molecule is COC(=O)[C@H]1[C@H]2C(=O)N(C3CCCCC3)C[C@@]23C=C[C@H]1O3. The number of methoxy groups -OCH3 is 1. The topological polar surface area (TPSA) is 55.8 Å². The molecule has 5 heteroatoms. The number of fused-ring (bicyclic) bond motifs is 1. The van der Waals surface area contributed by atoms with Gasteiger partial charge < -0.3 is 14.4 Å². The van der Waals surface area contributed by atoms with Crippen molar-refractivity contribution in [1.82, 2.24) is 4.90 Å². The molecule has 3 aliphatic heterocycles. The van der Waals surface area contributed by atoms with Gasteiger partial charge in [0.1, 0.15) is 11.5 Å². The number of nitrogens with zero attached hydrogens (tertiary/aromatic N) is 1. The van der Waals surface area contributed by atoms with Crippen molar-refractivity contribution in [3.05, 3.63) is 12.2 Å². The maximum absolute atomic E-state index is 12.9. The average molecular weight is 291 g/mol. The first-order valence-electron chi connectivity index (χ1n) is 7.92. The molecule has 1 amide bonds. The van der Waals surface area contributed by atoms with E-state index in [1.807, 2.05) is 17.1 Å². The first kappa shape index (κ1) is 13.3. The summed E-state index contributed by atoms with van der Waals surface area (Å²) in [6.45, 7) is 0.599. The summed E-state index contributed by atoms with van der Waals surface area (Å²) in [5.41, 5.74) is -0.585. The zero-order chi connectivity index (χ0) is 14.6. The van der Waals surface area contributed by atoms with Crippen molar-refractivity contribution < 1.29 is 19.1 Å². The Labute approximate surface area is 124 Å². The Morgan fingerprint density at radius 2 is 2.14 bits per heavy atom. The zero-order valence-corrected chi connectivity index (χ0v) is 12.3. The highest BCUT2D eigenvalue weighted by atomic mass is 16.5. The third kappa shape index (κ3) is 1.73.